The third-order valence-electron chi connectivity index (χ3n) is 2.90. The molecule has 7 nitrogen and oxygen atoms in total. The van der Waals surface area contributed by atoms with Crippen LogP contribution >= 0.6 is 0 Å². The molecule has 0 radical (unpaired) electrons. The summed E-state index contributed by atoms with van der Waals surface area (Å²) in [7, 11) is 0. The number of nitrogens with one attached hydrogen (secondary N) is 1. The second-order valence-electron chi connectivity index (χ2n) is 4.45. The lowest BCUT2D eigenvalue weighted by Crippen LogP contribution is -2.40. The smallest absolute Gasteiger partial charge is 0.326 e. The molecule has 1 amide bonds. The van der Waals surface area contributed by atoms with Crippen molar-refractivity contribution in [3.05, 3.63) is 36.1 Å². The largest absolute Gasteiger partial charge is 0.481 e. The number of aliphatic carboxylic acids is 2. The highest BCUT2D eigenvalue weighted by Gasteiger charge is 2.23. The number of hydrogen-bond donors (Lipinski definition) is 3. The van der Waals surface area contributed by atoms with Crippen LogP contribution in [0.15, 0.2) is 34.7 Å². The molecule has 0 fully saturated rings. The van der Waals surface area contributed by atoms with Gasteiger partial charge in [0.2, 0.25) is 0 Å². The summed E-state index contributed by atoms with van der Waals surface area (Å²) >= 11 is 0. The maximum absolute atomic E-state index is 12.0. The van der Waals surface area contributed by atoms with Gasteiger partial charge < -0.3 is 19.9 Å². The molecule has 2 aromatic rings. The second-order valence-corrected chi connectivity index (χ2v) is 4.45. The predicted octanol–water partition coefficient (Wildman–Crippen LogP) is 1.48. The molecule has 0 spiro atoms. The van der Waals surface area contributed by atoms with E-state index < -0.39 is 23.9 Å². The minimum absolute atomic E-state index is 0.0159. The Labute approximate surface area is 119 Å². The third-order valence-corrected chi connectivity index (χ3v) is 2.90. The lowest BCUT2D eigenvalue weighted by atomic mass is 10.1. The summed E-state index contributed by atoms with van der Waals surface area (Å²) in [5.41, 5.74) is 0.514. The van der Waals surface area contributed by atoms with Crippen molar-refractivity contribution < 1.29 is 29.0 Å². The summed E-state index contributed by atoms with van der Waals surface area (Å²) in [4.78, 5) is 33.4. The average Bonchev–Trinajstić information content (AvgIpc) is 2.86. The Balaban J connectivity index is 2.10. The SMILES string of the molecule is O=C(O)CCC(NC(=O)c1cc2ccccc2o1)C(=O)O. The number of furan rings is 1. The first-order chi connectivity index (χ1) is 9.97. The summed E-state index contributed by atoms with van der Waals surface area (Å²) in [5.74, 6) is -3.12. The van der Waals surface area contributed by atoms with Crippen LogP contribution in [-0.4, -0.2) is 34.1 Å². The number of rotatable bonds is 6. The zero-order valence-electron chi connectivity index (χ0n) is 10.9. The molecule has 2 rings (SSSR count). The number of carboxylic acids is 2. The van der Waals surface area contributed by atoms with Crippen molar-refractivity contribution in [3.63, 3.8) is 0 Å². The zero-order valence-corrected chi connectivity index (χ0v) is 10.9. The molecule has 1 atom stereocenters. The lowest BCUT2D eigenvalue weighted by Gasteiger charge is -2.12. The van der Waals surface area contributed by atoms with E-state index in [0.29, 0.717) is 5.58 Å². The van der Waals surface area contributed by atoms with Crippen LogP contribution in [0.5, 0.6) is 0 Å². The van der Waals surface area contributed by atoms with Gasteiger partial charge in [0.25, 0.3) is 5.91 Å². The topological polar surface area (TPSA) is 117 Å². The van der Waals surface area contributed by atoms with E-state index in [2.05, 4.69) is 5.32 Å². The number of fused-ring (bicyclic) bond motifs is 1. The van der Waals surface area contributed by atoms with Crippen LogP contribution in [0, 0.1) is 0 Å². The Hall–Kier alpha value is -2.83. The molecular weight excluding hydrogens is 278 g/mol. The first kappa shape index (κ1) is 14.6. The standard InChI is InChI=1S/C14H13NO6/c16-12(17)6-5-9(14(19)20)15-13(18)11-7-8-3-1-2-4-10(8)21-11/h1-4,7,9H,5-6H2,(H,15,18)(H,16,17)(H,19,20). The van der Waals surface area contributed by atoms with Crippen molar-refractivity contribution in [2.45, 2.75) is 18.9 Å². The number of carbonyl (C=O) groups is 3. The maximum Gasteiger partial charge on any atom is 0.326 e. The summed E-state index contributed by atoms with van der Waals surface area (Å²) in [6.45, 7) is 0. The maximum atomic E-state index is 12.0. The fourth-order valence-corrected chi connectivity index (χ4v) is 1.85. The van der Waals surface area contributed by atoms with Gasteiger partial charge in [0.15, 0.2) is 5.76 Å². The normalized spacial score (nSPS) is 12.0. The second kappa shape index (κ2) is 6.08. The van der Waals surface area contributed by atoms with Gasteiger partial charge in [-0.05, 0) is 18.6 Å². The van der Waals surface area contributed by atoms with Crippen LogP contribution in [-0.2, 0) is 9.59 Å². The van der Waals surface area contributed by atoms with Crippen molar-refractivity contribution in [2.24, 2.45) is 0 Å². The number of benzene rings is 1. The zero-order chi connectivity index (χ0) is 15.4. The number of carbonyl (C=O) groups excluding carboxylic acids is 1. The van der Waals surface area contributed by atoms with Gasteiger partial charge in [0.1, 0.15) is 11.6 Å². The molecule has 0 aliphatic rings. The van der Waals surface area contributed by atoms with Gasteiger partial charge in [-0.25, -0.2) is 4.79 Å². The predicted molar refractivity (Wildman–Crippen MR) is 72.0 cm³/mol. The summed E-state index contributed by atoms with van der Waals surface area (Å²) < 4.78 is 5.31. The van der Waals surface area contributed by atoms with Gasteiger partial charge in [-0.3, -0.25) is 9.59 Å². The quantitative estimate of drug-likeness (QED) is 0.742. The average molecular weight is 291 g/mol. The van der Waals surface area contributed by atoms with Crippen molar-refractivity contribution in [1.82, 2.24) is 5.32 Å². The molecule has 0 aliphatic carbocycles. The van der Waals surface area contributed by atoms with Gasteiger partial charge in [0, 0.05) is 11.8 Å². The number of para-hydroxylation sites is 1. The van der Waals surface area contributed by atoms with E-state index in [1.165, 1.54) is 6.07 Å². The first-order valence-electron chi connectivity index (χ1n) is 6.21. The molecule has 1 unspecified atom stereocenters. The molecule has 0 bridgehead atoms. The van der Waals surface area contributed by atoms with Crippen LogP contribution in [0.25, 0.3) is 11.0 Å². The molecule has 21 heavy (non-hydrogen) atoms. The molecule has 3 N–H and O–H groups in total. The Bertz CT molecular complexity index is 657. The number of amides is 1. The van der Waals surface area contributed by atoms with Crippen molar-refractivity contribution in [3.8, 4) is 0 Å². The Kier molecular flexibility index (Phi) is 4.22. The molecule has 1 heterocycles. The third kappa shape index (κ3) is 3.59. The Morgan fingerprint density at radius 3 is 2.52 bits per heavy atom. The monoisotopic (exact) mass is 291 g/mol. The van der Waals surface area contributed by atoms with E-state index in [-0.39, 0.29) is 18.6 Å². The molecule has 7 heteroatoms. The van der Waals surface area contributed by atoms with Crippen LogP contribution in [0.3, 0.4) is 0 Å². The van der Waals surface area contributed by atoms with Crippen LogP contribution in [0.4, 0.5) is 0 Å². The summed E-state index contributed by atoms with van der Waals surface area (Å²) in [5, 5.41) is 20.5. The minimum atomic E-state index is -1.29. The molecule has 110 valence electrons. The molecule has 1 aromatic heterocycles. The van der Waals surface area contributed by atoms with Crippen molar-refractivity contribution >= 4 is 28.8 Å². The molecule has 0 aliphatic heterocycles. The lowest BCUT2D eigenvalue weighted by molar-refractivity contribution is -0.140. The fourth-order valence-electron chi connectivity index (χ4n) is 1.85. The first-order valence-corrected chi connectivity index (χ1v) is 6.21. The van der Waals surface area contributed by atoms with E-state index in [9.17, 15) is 14.4 Å². The molecule has 0 saturated carbocycles. The Morgan fingerprint density at radius 2 is 1.90 bits per heavy atom. The highest BCUT2D eigenvalue weighted by Crippen LogP contribution is 2.18. The van der Waals surface area contributed by atoms with E-state index in [1.807, 2.05) is 0 Å². The van der Waals surface area contributed by atoms with Crippen molar-refractivity contribution in [1.29, 1.82) is 0 Å². The van der Waals surface area contributed by atoms with Crippen LogP contribution in [0.2, 0.25) is 0 Å². The number of carboxylic acid groups (broad SMARTS) is 2. The Morgan fingerprint density at radius 1 is 1.19 bits per heavy atom. The van der Waals surface area contributed by atoms with Gasteiger partial charge >= 0.3 is 11.9 Å². The van der Waals surface area contributed by atoms with Crippen molar-refractivity contribution in [2.75, 3.05) is 0 Å². The van der Waals surface area contributed by atoms with Gasteiger partial charge in [0.05, 0.1) is 0 Å². The van der Waals surface area contributed by atoms with E-state index in [4.69, 9.17) is 14.6 Å². The number of hydrogen-bond acceptors (Lipinski definition) is 4. The van der Waals surface area contributed by atoms with Gasteiger partial charge in [-0.1, -0.05) is 18.2 Å². The van der Waals surface area contributed by atoms with E-state index >= 15 is 0 Å². The highest BCUT2D eigenvalue weighted by atomic mass is 16.4. The molecule has 0 saturated heterocycles. The highest BCUT2D eigenvalue weighted by molar-refractivity contribution is 5.97. The van der Waals surface area contributed by atoms with E-state index in [0.717, 1.165) is 5.39 Å². The van der Waals surface area contributed by atoms with Crippen LogP contribution < -0.4 is 5.32 Å². The van der Waals surface area contributed by atoms with Gasteiger partial charge in [-0.2, -0.15) is 0 Å². The van der Waals surface area contributed by atoms with E-state index in [1.54, 1.807) is 24.3 Å². The molecular formula is C14H13NO6. The molecule has 1 aromatic carbocycles. The van der Waals surface area contributed by atoms with Crippen LogP contribution in [0.1, 0.15) is 23.4 Å². The fraction of sp³-hybridized carbons (Fsp3) is 0.214. The minimum Gasteiger partial charge on any atom is -0.481 e. The summed E-state index contributed by atoms with van der Waals surface area (Å²) in [6, 6.07) is 7.20. The summed E-state index contributed by atoms with van der Waals surface area (Å²) in [6.07, 6.45) is -0.548. The van der Waals surface area contributed by atoms with Gasteiger partial charge in [-0.15, -0.1) is 0 Å².